The van der Waals surface area contributed by atoms with Crippen molar-refractivity contribution in [2.75, 3.05) is 11.9 Å². The van der Waals surface area contributed by atoms with Crippen molar-refractivity contribution in [3.63, 3.8) is 0 Å². The van der Waals surface area contributed by atoms with E-state index < -0.39 is 0 Å². The van der Waals surface area contributed by atoms with Crippen LogP contribution < -0.4 is 10.1 Å². The maximum Gasteiger partial charge on any atom is 0.246 e. The Labute approximate surface area is 225 Å². The first-order chi connectivity index (χ1) is 19.1. The lowest BCUT2D eigenvalue weighted by atomic mass is 10.1. The molecule has 4 heterocycles. The molecule has 1 fully saturated rings. The summed E-state index contributed by atoms with van der Waals surface area (Å²) >= 11 is 0. The van der Waals surface area contributed by atoms with Crippen LogP contribution in [0.4, 0.5) is 11.5 Å². The number of rotatable bonds is 5. The van der Waals surface area contributed by atoms with Crippen molar-refractivity contribution in [3.8, 4) is 23.3 Å². The number of nitrogens with one attached hydrogen (secondary N) is 1. The molecule has 6 rings (SSSR count). The lowest BCUT2D eigenvalue weighted by Gasteiger charge is -2.18. The molecule has 0 spiro atoms. The highest BCUT2D eigenvalue weighted by atomic mass is 16.5. The quantitative estimate of drug-likeness (QED) is 0.259. The van der Waals surface area contributed by atoms with Crippen molar-refractivity contribution in [1.29, 1.82) is 0 Å². The molecule has 0 saturated carbocycles. The van der Waals surface area contributed by atoms with Gasteiger partial charge in [0.2, 0.25) is 5.91 Å². The maximum absolute atomic E-state index is 12.1. The minimum Gasteiger partial charge on any atom is -0.457 e. The number of pyridine rings is 1. The van der Waals surface area contributed by atoms with Crippen LogP contribution in [0.2, 0.25) is 0 Å². The number of fused-ring (bicyclic) bond motifs is 2. The van der Waals surface area contributed by atoms with E-state index in [-0.39, 0.29) is 11.9 Å². The lowest BCUT2D eigenvalue weighted by molar-refractivity contribution is -0.125. The Hall–Kier alpha value is -5.23. The van der Waals surface area contributed by atoms with Gasteiger partial charge in [0, 0.05) is 35.4 Å². The topological polar surface area (TPSA) is 97.5 Å². The highest BCUT2D eigenvalue weighted by molar-refractivity contribution is 5.91. The molecule has 0 aliphatic carbocycles. The van der Waals surface area contributed by atoms with Crippen molar-refractivity contribution in [1.82, 2.24) is 29.5 Å². The largest absolute Gasteiger partial charge is 0.457 e. The van der Waals surface area contributed by atoms with E-state index in [1.165, 1.54) is 18.7 Å². The van der Waals surface area contributed by atoms with Crippen molar-refractivity contribution >= 4 is 34.0 Å². The summed E-state index contributed by atoms with van der Waals surface area (Å²) in [6.07, 6.45) is 8.02. The Kier molecular flexibility index (Phi) is 6.35. The first kappa shape index (κ1) is 24.1. The molecule has 192 valence electrons. The van der Waals surface area contributed by atoms with E-state index in [4.69, 9.17) is 4.74 Å². The molecule has 5 aromatic rings. The summed E-state index contributed by atoms with van der Waals surface area (Å²) in [6, 6.07) is 15.3. The number of hydrogen-bond donors (Lipinski definition) is 1. The number of amides is 1. The number of carbonyl (C=O) groups excluding carboxylic acids is 1. The smallest absolute Gasteiger partial charge is 0.246 e. The second kappa shape index (κ2) is 10.3. The minimum absolute atomic E-state index is 0.0756. The summed E-state index contributed by atoms with van der Waals surface area (Å²) in [4.78, 5) is 27.0. The van der Waals surface area contributed by atoms with Gasteiger partial charge < -0.3 is 15.0 Å². The third-order valence-corrected chi connectivity index (χ3v) is 6.65. The molecule has 0 bridgehead atoms. The predicted molar refractivity (Wildman–Crippen MR) is 149 cm³/mol. The van der Waals surface area contributed by atoms with Crippen LogP contribution in [0.1, 0.15) is 24.0 Å². The van der Waals surface area contributed by atoms with E-state index in [1.807, 2.05) is 61.7 Å². The fourth-order valence-electron chi connectivity index (χ4n) is 4.66. The normalized spacial score (nSPS) is 14.7. The Bertz CT molecular complexity index is 1780. The Morgan fingerprint density at radius 2 is 2.05 bits per heavy atom. The highest BCUT2D eigenvalue weighted by Gasteiger charge is 2.25. The van der Waals surface area contributed by atoms with Crippen LogP contribution in [-0.2, 0) is 4.79 Å². The summed E-state index contributed by atoms with van der Waals surface area (Å²) in [7, 11) is 0. The van der Waals surface area contributed by atoms with Gasteiger partial charge in [0.1, 0.15) is 30.0 Å². The van der Waals surface area contributed by atoms with Gasteiger partial charge >= 0.3 is 0 Å². The molecule has 39 heavy (non-hydrogen) atoms. The number of carbonyl (C=O) groups is 1. The molecular formula is C30H25N7O2. The van der Waals surface area contributed by atoms with E-state index >= 15 is 0 Å². The van der Waals surface area contributed by atoms with Gasteiger partial charge in [-0.15, -0.1) is 0 Å². The van der Waals surface area contributed by atoms with Gasteiger partial charge in [0.25, 0.3) is 0 Å². The summed E-state index contributed by atoms with van der Waals surface area (Å²) in [5, 5.41) is 8.38. The fourth-order valence-corrected chi connectivity index (χ4v) is 4.66. The number of aryl methyl sites for hydroxylation is 1. The second-order valence-electron chi connectivity index (χ2n) is 9.25. The number of nitrogens with zero attached hydrogens (tertiary/aromatic N) is 6. The first-order valence-corrected chi connectivity index (χ1v) is 12.6. The van der Waals surface area contributed by atoms with Gasteiger partial charge in [-0.1, -0.05) is 18.4 Å². The summed E-state index contributed by atoms with van der Waals surface area (Å²) < 4.78 is 7.78. The number of ether oxygens (including phenoxy) is 1. The van der Waals surface area contributed by atoms with Crippen molar-refractivity contribution in [2.45, 2.75) is 25.8 Å². The number of benzene rings is 2. The number of anilines is 2. The summed E-state index contributed by atoms with van der Waals surface area (Å²) in [5.41, 5.74) is 4.19. The van der Waals surface area contributed by atoms with E-state index in [0.717, 1.165) is 46.3 Å². The second-order valence-corrected chi connectivity index (χ2v) is 9.25. The van der Waals surface area contributed by atoms with Gasteiger partial charge in [-0.3, -0.25) is 4.79 Å². The fraction of sp³-hybridized carbons (Fsp3) is 0.167. The zero-order chi connectivity index (χ0) is 26.8. The zero-order valence-electron chi connectivity index (χ0n) is 21.3. The van der Waals surface area contributed by atoms with Crippen molar-refractivity contribution in [2.24, 2.45) is 0 Å². The number of aromatic nitrogens is 5. The van der Waals surface area contributed by atoms with Crippen LogP contribution in [0.15, 0.2) is 80.0 Å². The highest BCUT2D eigenvalue weighted by Crippen LogP contribution is 2.30. The van der Waals surface area contributed by atoms with Gasteiger partial charge in [0.15, 0.2) is 5.65 Å². The predicted octanol–water partition coefficient (Wildman–Crippen LogP) is 5.05. The molecule has 1 aliphatic heterocycles. The van der Waals surface area contributed by atoms with E-state index in [1.54, 1.807) is 9.42 Å². The van der Waals surface area contributed by atoms with E-state index in [9.17, 15) is 4.79 Å². The Morgan fingerprint density at radius 1 is 1.13 bits per heavy atom. The monoisotopic (exact) mass is 515 g/mol. The van der Waals surface area contributed by atoms with Crippen LogP contribution in [0, 0.1) is 18.8 Å². The third kappa shape index (κ3) is 5.00. The van der Waals surface area contributed by atoms with Gasteiger partial charge in [-0.05, 0) is 73.9 Å². The first-order valence-electron chi connectivity index (χ1n) is 12.6. The molecule has 1 amide bonds. The summed E-state index contributed by atoms with van der Waals surface area (Å²) in [6.45, 7) is 6.30. The molecule has 3 aromatic heterocycles. The Morgan fingerprint density at radius 3 is 2.92 bits per heavy atom. The van der Waals surface area contributed by atoms with Crippen LogP contribution in [0.3, 0.4) is 0 Å². The van der Waals surface area contributed by atoms with Crippen LogP contribution in [0.25, 0.3) is 16.6 Å². The van der Waals surface area contributed by atoms with Gasteiger partial charge in [-0.25, -0.2) is 19.5 Å². The molecule has 1 saturated heterocycles. The third-order valence-electron chi connectivity index (χ3n) is 6.65. The summed E-state index contributed by atoms with van der Waals surface area (Å²) in [5.74, 6) is 8.53. The Balaban J connectivity index is 1.23. The maximum atomic E-state index is 12.1. The van der Waals surface area contributed by atoms with E-state index in [0.29, 0.717) is 23.8 Å². The molecule has 0 radical (unpaired) electrons. The average molecular weight is 516 g/mol. The molecule has 1 N–H and O–H groups in total. The van der Waals surface area contributed by atoms with Crippen molar-refractivity contribution in [3.05, 3.63) is 91.2 Å². The SMILES string of the molecule is C=CC(=O)N1CCC[C@H]1C#Cc1ccc2ncnc(Nc3ccc(Oc4ccn5ncnc5c4)c(C)c3)c2c1. The number of likely N-dealkylation sites (tertiary alicyclic amines) is 1. The van der Waals surface area contributed by atoms with Crippen LogP contribution >= 0.6 is 0 Å². The minimum atomic E-state index is -0.0992. The molecule has 0 unspecified atom stereocenters. The standard InChI is InChI=1S/C30H25N7O2/c1-3-29(38)36-13-4-5-23(36)9-6-21-7-10-26-25(16-21)30(33-18-31-26)35-22-8-11-27(20(2)15-22)39-24-12-14-37-28(17-24)32-19-34-37/h3,7-8,10-12,14-19,23H,1,4-5,13H2,2H3,(H,31,33,35)/t23-/m0/s1. The van der Waals surface area contributed by atoms with Crippen molar-refractivity contribution < 1.29 is 9.53 Å². The average Bonchev–Trinajstić information content (AvgIpc) is 3.62. The molecule has 1 aliphatic rings. The molecule has 9 heteroatoms. The molecular weight excluding hydrogens is 490 g/mol. The van der Waals surface area contributed by atoms with Crippen LogP contribution in [0.5, 0.6) is 11.5 Å². The van der Waals surface area contributed by atoms with Crippen LogP contribution in [-0.4, -0.2) is 48.0 Å². The van der Waals surface area contributed by atoms with E-state index in [2.05, 4.69) is 43.8 Å². The number of hydrogen-bond acceptors (Lipinski definition) is 7. The van der Waals surface area contributed by atoms with Gasteiger partial charge in [-0.2, -0.15) is 5.10 Å². The molecule has 9 nitrogen and oxygen atoms in total. The molecule has 1 atom stereocenters. The lowest BCUT2D eigenvalue weighted by Crippen LogP contribution is -2.33. The van der Waals surface area contributed by atoms with Gasteiger partial charge in [0.05, 0.1) is 11.6 Å². The zero-order valence-corrected chi connectivity index (χ0v) is 21.3. The molecule has 2 aromatic carbocycles.